The summed E-state index contributed by atoms with van der Waals surface area (Å²) in [7, 11) is 3.41. The van der Waals surface area contributed by atoms with Gasteiger partial charge in [-0.05, 0) is 33.3 Å². The van der Waals surface area contributed by atoms with Gasteiger partial charge in [0.15, 0.2) is 0 Å². The second-order valence-electron chi connectivity index (χ2n) is 0.956. The molecular formula is C7H10PtSi4. The summed E-state index contributed by atoms with van der Waals surface area (Å²) in [6, 6.07) is 19.5. The third kappa shape index (κ3) is 79.1. The van der Waals surface area contributed by atoms with Crippen molar-refractivity contribution in [1.82, 2.24) is 0 Å². The molecule has 12 heavy (non-hydrogen) atoms. The third-order valence-corrected chi connectivity index (χ3v) is 2.19. The van der Waals surface area contributed by atoms with Crippen LogP contribution in [0.25, 0.3) is 0 Å². The zero-order valence-electron chi connectivity index (χ0n) is 6.69. The predicted molar refractivity (Wildman–Crippen MR) is 59.2 cm³/mol. The number of rotatable bonds is 0. The van der Waals surface area contributed by atoms with Crippen molar-refractivity contribution in [3.8, 4) is 24.0 Å². The Morgan fingerprint density at radius 2 is 1.42 bits per heavy atom. The molecular weight excluding hydrogens is 391 g/mol. The standard InChI is InChI=1S/C3H4Si2.C3H4Si.CH2Si.Pt/c1-4-3-5-2;1-3-4-2;1-2;/h1-2H,3H2;2-3H,1H2;1-2H;. The zero-order valence-corrected chi connectivity index (χ0v) is 13.1. The summed E-state index contributed by atoms with van der Waals surface area (Å²) < 4.78 is 0. The van der Waals surface area contributed by atoms with Crippen LogP contribution in [0.2, 0.25) is 5.67 Å². The molecule has 0 aromatic rings. The van der Waals surface area contributed by atoms with E-state index in [-0.39, 0.29) is 21.1 Å². The van der Waals surface area contributed by atoms with Crippen molar-refractivity contribution in [1.29, 1.82) is 0 Å². The van der Waals surface area contributed by atoms with Crippen molar-refractivity contribution in [2.75, 3.05) is 0 Å². The summed E-state index contributed by atoms with van der Waals surface area (Å²) in [5.41, 5.74) is 2.68. The van der Waals surface area contributed by atoms with Gasteiger partial charge in [0.25, 0.3) is 0 Å². The predicted octanol–water partition coefficient (Wildman–Crippen LogP) is -0.155. The van der Waals surface area contributed by atoms with Crippen molar-refractivity contribution in [3.05, 3.63) is 12.3 Å². The smallest absolute Gasteiger partial charge is 0.0245 e. The Morgan fingerprint density at radius 1 is 1.17 bits per heavy atom. The minimum atomic E-state index is 0. The molecule has 0 saturated heterocycles. The first kappa shape index (κ1) is 22.8. The molecule has 0 amide bonds. The molecule has 5 heteroatoms. The van der Waals surface area contributed by atoms with Gasteiger partial charge in [0.1, 0.15) is 0 Å². The van der Waals surface area contributed by atoms with E-state index in [1.165, 1.54) is 0 Å². The van der Waals surface area contributed by atoms with Crippen molar-refractivity contribution in [2.24, 2.45) is 0 Å². The van der Waals surface area contributed by atoms with E-state index in [1.54, 1.807) is 5.70 Å². The van der Waals surface area contributed by atoms with E-state index in [4.69, 9.17) is 18.0 Å². The Labute approximate surface area is 99.1 Å². The Kier molecular flexibility index (Phi) is 80.4. The molecule has 0 bridgehead atoms. The van der Waals surface area contributed by atoms with E-state index in [0.717, 1.165) is 5.67 Å². The Balaban J connectivity index is -0.0000000419. The van der Waals surface area contributed by atoms with Crippen LogP contribution in [0.5, 0.6) is 0 Å². The van der Waals surface area contributed by atoms with Crippen LogP contribution in [0.15, 0.2) is 12.3 Å². The maximum Gasteiger partial charge on any atom is 0.0245 e. The van der Waals surface area contributed by atoms with Crippen LogP contribution in [0.4, 0.5) is 0 Å². The van der Waals surface area contributed by atoms with Gasteiger partial charge in [-0.25, -0.2) is 0 Å². The van der Waals surface area contributed by atoms with E-state index >= 15 is 0 Å². The summed E-state index contributed by atoms with van der Waals surface area (Å²) in [5.74, 6) is 0. The van der Waals surface area contributed by atoms with Crippen molar-refractivity contribution in [2.45, 2.75) is 5.67 Å². The molecule has 0 nitrogen and oxygen atoms in total. The fraction of sp³-hybridized carbons (Fsp3) is 0.143. The molecule has 0 aliphatic rings. The van der Waals surface area contributed by atoms with Crippen molar-refractivity contribution < 1.29 is 21.1 Å². The molecule has 0 aromatic carbocycles. The fourth-order valence-corrected chi connectivity index (χ4v) is 0.530. The topological polar surface area (TPSA) is 0 Å². The molecule has 0 unspecified atom stereocenters. The molecule has 0 atom stereocenters. The maximum atomic E-state index is 5.09. The molecule has 0 radical (unpaired) electrons. The second-order valence-corrected chi connectivity index (χ2v) is 3.93. The molecule has 64 valence electrons. The Hall–Kier alpha value is 0.416. The average molecular weight is 402 g/mol. The van der Waals surface area contributed by atoms with Crippen LogP contribution in [-0.2, 0) is 21.1 Å². The zero-order chi connectivity index (χ0) is 9.54. The summed E-state index contributed by atoms with van der Waals surface area (Å²) in [5, 5.41) is 0. The van der Waals surface area contributed by atoms with Crippen LogP contribution < -0.4 is 0 Å². The molecule has 0 saturated carbocycles. The van der Waals surface area contributed by atoms with Gasteiger partial charge in [-0.1, -0.05) is 6.58 Å². The average Bonchev–Trinajstić information content (AvgIpc) is 2.10. The Morgan fingerprint density at radius 3 is 1.42 bits per heavy atom. The van der Waals surface area contributed by atoms with E-state index in [0.29, 0.717) is 26.9 Å². The van der Waals surface area contributed by atoms with Crippen molar-refractivity contribution in [3.63, 3.8) is 0 Å². The van der Waals surface area contributed by atoms with E-state index in [2.05, 4.69) is 12.6 Å². The molecule has 0 aliphatic heterocycles. The largest absolute Gasteiger partial charge is 0.161 e. The first-order valence-corrected chi connectivity index (χ1v) is 6.99. The van der Waals surface area contributed by atoms with Crippen LogP contribution in [-0.4, -0.2) is 36.6 Å². The molecule has 0 aromatic heterocycles. The van der Waals surface area contributed by atoms with Gasteiger partial charge in [0.05, 0.1) is 0 Å². The van der Waals surface area contributed by atoms with Gasteiger partial charge >= 0.3 is 0 Å². The summed E-state index contributed by atoms with van der Waals surface area (Å²) in [6.07, 6.45) is 0. The van der Waals surface area contributed by atoms with E-state index in [9.17, 15) is 0 Å². The van der Waals surface area contributed by atoms with Gasteiger partial charge in [-0.2, -0.15) is 24.0 Å². The summed E-state index contributed by atoms with van der Waals surface area (Å²) in [4.78, 5) is 0. The molecule has 0 heterocycles. The summed E-state index contributed by atoms with van der Waals surface area (Å²) >= 11 is 0. The summed E-state index contributed by atoms with van der Waals surface area (Å²) in [6.45, 7) is 3.37. The molecule has 0 rings (SSSR count). The van der Waals surface area contributed by atoms with Gasteiger partial charge in [-0.3, -0.25) is 0 Å². The molecule has 0 fully saturated rings. The second kappa shape index (κ2) is 42.2. The number of hydrogen-bond donors (Lipinski definition) is 0. The number of hydrogen-bond acceptors (Lipinski definition) is 0. The van der Waals surface area contributed by atoms with Gasteiger partial charge < -0.3 is 0 Å². The van der Waals surface area contributed by atoms with Gasteiger partial charge in [0.2, 0.25) is 0 Å². The first-order chi connectivity index (χ1) is 5.33. The van der Waals surface area contributed by atoms with Crippen LogP contribution >= 0.6 is 0 Å². The normalized spacial score (nSPS) is 3.25. The Bertz CT molecular complexity index is 200. The quantitative estimate of drug-likeness (QED) is 0.495. The van der Waals surface area contributed by atoms with Crippen LogP contribution in [0.1, 0.15) is 0 Å². The van der Waals surface area contributed by atoms with E-state index < -0.39 is 0 Å². The SMILES string of the molecule is C#[SiH].C#[Si]C=C.C#[Si]C[Si]#C.[Pt]. The maximum absolute atomic E-state index is 5.09. The molecule has 0 N–H and O–H groups in total. The molecule has 0 aliphatic carbocycles. The third-order valence-electron chi connectivity index (χ3n) is 0.322. The monoisotopic (exact) mass is 401 g/mol. The fourth-order valence-electron chi connectivity index (χ4n) is 0.0589. The van der Waals surface area contributed by atoms with Gasteiger partial charge in [0, 0.05) is 35.7 Å². The minimum absolute atomic E-state index is 0. The molecule has 0 spiro atoms. The van der Waals surface area contributed by atoms with E-state index in [1.807, 2.05) is 9.68 Å². The minimum Gasteiger partial charge on any atom is -0.161 e. The van der Waals surface area contributed by atoms with Gasteiger partial charge in [-0.15, -0.1) is 0 Å². The first-order valence-electron chi connectivity index (χ1n) is 2.60. The van der Waals surface area contributed by atoms with Crippen LogP contribution in [0.3, 0.4) is 0 Å². The van der Waals surface area contributed by atoms with Crippen molar-refractivity contribution >= 4 is 36.6 Å². The van der Waals surface area contributed by atoms with Crippen LogP contribution in [0, 0.1) is 24.0 Å².